The number of benzene rings is 1. The minimum absolute atomic E-state index is 0. The molecule has 5 nitrogen and oxygen atoms in total. The van der Waals surface area contributed by atoms with Crippen molar-refractivity contribution in [2.24, 2.45) is 10.7 Å². The zero-order chi connectivity index (χ0) is 16.1. The van der Waals surface area contributed by atoms with Crippen molar-refractivity contribution < 1.29 is 0 Å². The highest BCUT2D eigenvalue weighted by atomic mass is 127. The number of hydrogen-bond acceptors (Lipinski definition) is 4. The topological polar surface area (TPSA) is 76.2 Å². The monoisotopic (exact) mass is 445 g/mol. The second kappa shape index (κ2) is 9.17. The van der Waals surface area contributed by atoms with Crippen LogP contribution in [0.4, 0.5) is 5.69 Å². The summed E-state index contributed by atoms with van der Waals surface area (Å²) in [4.78, 5) is 4.33. The molecule has 2 aromatic rings. The molecule has 0 unspecified atom stereocenters. The van der Waals surface area contributed by atoms with Crippen LogP contribution in [-0.2, 0) is 6.54 Å². The van der Waals surface area contributed by atoms with Crippen LogP contribution in [-0.4, -0.2) is 16.2 Å². The van der Waals surface area contributed by atoms with E-state index in [4.69, 9.17) is 5.73 Å². The second-order valence-corrected chi connectivity index (χ2v) is 6.89. The van der Waals surface area contributed by atoms with Gasteiger partial charge < -0.3 is 11.1 Å². The Bertz CT molecular complexity index is 651. The van der Waals surface area contributed by atoms with Gasteiger partial charge in [-0.2, -0.15) is 0 Å². The van der Waals surface area contributed by atoms with E-state index in [1.165, 1.54) is 5.56 Å². The molecule has 126 valence electrons. The lowest BCUT2D eigenvalue weighted by Crippen LogP contribution is -2.22. The quantitative estimate of drug-likeness (QED) is 0.408. The van der Waals surface area contributed by atoms with E-state index in [2.05, 4.69) is 60.3 Å². The number of aliphatic imine (C=N–C) groups is 1. The van der Waals surface area contributed by atoms with Gasteiger partial charge in [-0.3, -0.25) is 0 Å². The highest BCUT2D eigenvalue weighted by Gasteiger charge is 2.07. The molecule has 0 saturated carbocycles. The highest BCUT2D eigenvalue weighted by molar-refractivity contribution is 14.0. The lowest BCUT2D eigenvalue weighted by atomic mass is 10.0. The average Bonchev–Trinajstić information content (AvgIpc) is 2.94. The Morgan fingerprint density at radius 2 is 1.96 bits per heavy atom. The summed E-state index contributed by atoms with van der Waals surface area (Å²) in [5.74, 6) is 1.27. The van der Waals surface area contributed by atoms with Gasteiger partial charge in [0.25, 0.3) is 0 Å². The Morgan fingerprint density at radius 3 is 2.57 bits per heavy atom. The van der Waals surface area contributed by atoms with Crippen molar-refractivity contribution in [2.45, 2.75) is 46.1 Å². The van der Waals surface area contributed by atoms with E-state index in [1.54, 1.807) is 11.3 Å². The van der Waals surface area contributed by atoms with Crippen molar-refractivity contribution in [1.82, 2.24) is 10.2 Å². The highest BCUT2D eigenvalue weighted by Crippen LogP contribution is 2.20. The summed E-state index contributed by atoms with van der Waals surface area (Å²) in [5.41, 5.74) is 8.16. The molecule has 0 bridgehead atoms. The third-order valence-electron chi connectivity index (χ3n) is 3.19. The van der Waals surface area contributed by atoms with Crippen LogP contribution in [0.2, 0.25) is 0 Å². The standard InChI is InChI=1S/C16H23N5S.HI/c1-10(2)12-6-5-7-13(8-12)19-16(17)18-9-14-20-21-15(22-14)11(3)4;/h5-8,10-11H,9H2,1-4H3,(H3,17,18,19);1H. The van der Waals surface area contributed by atoms with Crippen LogP contribution in [0, 0.1) is 0 Å². The summed E-state index contributed by atoms with van der Waals surface area (Å²) in [6.07, 6.45) is 0. The molecular weight excluding hydrogens is 421 g/mol. The number of nitrogens with zero attached hydrogens (tertiary/aromatic N) is 3. The van der Waals surface area contributed by atoms with Gasteiger partial charge in [-0.1, -0.05) is 51.2 Å². The SMILES string of the molecule is CC(C)c1cccc(NC(N)=NCc2nnc(C(C)C)s2)c1.I. The number of guanidine groups is 1. The number of rotatable bonds is 5. The fourth-order valence-corrected chi connectivity index (χ4v) is 2.65. The van der Waals surface area contributed by atoms with Gasteiger partial charge in [-0.25, -0.2) is 4.99 Å². The van der Waals surface area contributed by atoms with Crippen LogP contribution in [0.5, 0.6) is 0 Å². The van der Waals surface area contributed by atoms with Crippen LogP contribution in [0.1, 0.15) is 55.1 Å². The number of anilines is 1. The van der Waals surface area contributed by atoms with Crippen LogP contribution in [0.3, 0.4) is 0 Å². The summed E-state index contributed by atoms with van der Waals surface area (Å²) in [6, 6.07) is 8.20. The third kappa shape index (κ3) is 6.06. The fraction of sp³-hybridized carbons (Fsp3) is 0.438. The van der Waals surface area contributed by atoms with Crippen molar-refractivity contribution >= 4 is 47.0 Å². The molecule has 0 aliphatic carbocycles. The molecule has 0 aliphatic heterocycles. The summed E-state index contributed by atoms with van der Waals surface area (Å²) >= 11 is 1.58. The molecule has 0 saturated heterocycles. The van der Waals surface area contributed by atoms with Crippen molar-refractivity contribution in [2.75, 3.05) is 5.32 Å². The van der Waals surface area contributed by atoms with Gasteiger partial charge in [0.1, 0.15) is 10.0 Å². The molecular formula is C16H24IN5S. The van der Waals surface area contributed by atoms with Gasteiger partial charge in [0.05, 0.1) is 6.54 Å². The van der Waals surface area contributed by atoms with E-state index in [0.29, 0.717) is 24.3 Å². The first kappa shape index (κ1) is 19.8. The summed E-state index contributed by atoms with van der Waals surface area (Å²) < 4.78 is 0. The Balaban J connectivity index is 0.00000264. The zero-order valence-corrected chi connectivity index (χ0v) is 17.1. The van der Waals surface area contributed by atoms with Crippen molar-refractivity contribution in [3.63, 3.8) is 0 Å². The van der Waals surface area contributed by atoms with E-state index in [-0.39, 0.29) is 24.0 Å². The van der Waals surface area contributed by atoms with Crippen LogP contribution in [0.25, 0.3) is 0 Å². The van der Waals surface area contributed by atoms with Crippen LogP contribution >= 0.6 is 35.3 Å². The molecule has 2 rings (SSSR count). The fourth-order valence-electron chi connectivity index (χ4n) is 1.88. The molecule has 3 N–H and O–H groups in total. The molecule has 7 heteroatoms. The first-order valence-electron chi connectivity index (χ1n) is 7.45. The van der Waals surface area contributed by atoms with Gasteiger partial charge in [-0.05, 0) is 23.6 Å². The minimum Gasteiger partial charge on any atom is -0.370 e. The molecule has 23 heavy (non-hydrogen) atoms. The second-order valence-electron chi connectivity index (χ2n) is 5.80. The Hall–Kier alpha value is -1.22. The minimum atomic E-state index is 0. The van der Waals surface area contributed by atoms with Crippen LogP contribution < -0.4 is 11.1 Å². The van der Waals surface area contributed by atoms with E-state index in [9.17, 15) is 0 Å². The maximum atomic E-state index is 5.94. The normalized spacial score (nSPS) is 11.7. The number of aromatic nitrogens is 2. The largest absolute Gasteiger partial charge is 0.370 e. The number of hydrogen-bond donors (Lipinski definition) is 2. The van der Waals surface area contributed by atoms with Gasteiger partial charge in [-0.15, -0.1) is 34.2 Å². The molecule has 0 fully saturated rings. The molecule has 0 aliphatic rings. The summed E-state index contributed by atoms with van der Waals surface area (Å²) in [7, 11) is 0. The lowest BCUT2D eigenvalue weighted by Gasteiger charge is -2.09. The Morgan fingerprint density at radius 1 is 1.22 bits per heavy atom. The maximum absolute atomic E-state index is 5.94. The number of nitrogens with one attached hydrogen (secondary N) is 1. The van der Waals surface area contributed by atoms with Crippen LogP contribution in [0.15, 0.2) is 29.3 Å². The Labute approximate surface area is 158 Å². The zero-order valence-electron chi connectivity index (χ0n) is 13.9. The smallest absolute Gasteiger partial charge is 0.193 e. The van der Waals surface area contributed by atoms with Crippen molar-refractivity contribution in [3.8, 4) is 0 Å². The Kier molecular flexibility index (Phi) is 7.90. The maximum Gasteiger partial charge on any atom is 0.193 e. The van der Waals surface area contributed by atoms with Gasteiger partial charge in [0.15, 0.2) is 5.96 Å². The molecule has 0 atom stereocenters. The van der Waals surface area contributed by atoms with E-state index >= 15 is 0 Å². The lowest BCUT2D eigenvalue weighted by molar-refractivity contribution is 0.816. The molecule has 1 aromatic heterocycles. The third-order valence-corrected chi connectivity index (χ3v) is 4.40. The molecule has 0 amide bonds. The van der Waals surface area contributed by atoms with Crippen molar-refractivity contribution in [1.29, 1.82) is 0 Å². The van der Waals surface area contributed by atoms with Gasteiger partial charge >= 0.3 is 0 Å². The van der Waals surface area contributed by atoms with E-state index in [1.807, 2.05) is 12.1 Å². The predicted octanol–water partition coefficient (Wildman–Crippen LogP) is 4.33. The number of halogens is 1. The first-order valence-corrected chi connectivity index (χ1v) is 8.26. The van der Waals surface area contributed by atoms with Gasteiger partial charge in [0, 0.05) is 11.6 Å². The number of nitrogens with two attached hydrogens (primary N) is 1. The molecule has 0 radical (unpaired) electrons. The summed E-state index contributed by atoms with van der Waals surface area (Å²) in [5, 5.41) is 13.3. The molecule has 0 spiro atoms. The molecule has 1 heterocycles. The van der Waals surface area contributed by atoms with Gasteiger partial charge in [0.2, 0.25) is 0 Å². The van der Waals surface area contributed by atoms with Crippen molar-refractivity contribution in [3.05, 3.63) is 39.8 Å². The average molecular weight is 445 g/mol. The summed E-state index contributed by atoms with van der Waals surface area (Å²) in [6.45, 7) is 8.99. The van der Waals surface area contributed by atoms with E-state index in [0.717, 1.165) is 15.7 Å². The molecule has 1 aromatic carbocycles. The first-order chi connectivity index (χ1) is 10.5. The van der Waals surface area contributed by atoms with E-state index < -0.39 is 0 Å². The predicted molar refractivity (Wildman–Crippen MR) is 109 cm³/mol.